The number of piperidine rings is 1. The predicted octanol–water partition coefficient (Wildman–Crippen LogP) is 2.23. The van der Waals surface area contributed by atoms with Gasteiger partial charge in [0.25, 0.3) is 0 Å². The smallest absolute Gasteiger partial charge is 0.244 e. The maximum absolute atomic E-state index is 13.5. The fraction of sp³-hybridized carbons (Fsp3) is 0.533. The Kier molecular flexibility index (Phi) is 4.88. The fourth-order valence-corrected chi connectivity index (χ4v) is 2.53. The van der Waals surface area contributed by atoms with Crippen LogP contribution in [0.1, 0.15) is 26.2 Å². The summed E-state index contributed by atoms with van der Waals surface area (Å²) in [6.45, 7) is 3.38. The van der Waals surface area contributed by atoms with Gasteiger partial charge in [-0.25, -0.2) is 4.39 Å². The molecule has 1 heterocycles. The molecule has 1 aliphatic heterocycles. The van der Waals surface area contributed by atoms with Crippen LogP contribution < -0.4 is 15.8 Å². The molecule has 0 bridgehead atoms. The Bertz CT molecular complexity index is 516. The van der Waals surface area contributed by atoms with Gasteiger partial charge in [-0.05, 0) is 26.2 Å². The molecule has 116 valence electrons. The van der Waals surface area contributed by atoms with Crippen LogP contribution in [0.25, 0.3) is 0 Å². The zero-order valence-electron chi connectivity index (χ0n) is 12.5. The molecular weight excluding hydrogens is 273 g/mol. The minimum absolute atomic E-state index is 0.0393. The average Bonchev–Trinajstić information content (AvgIpc) is 2.50. The SMILES string of the molecule is COc1cc(NC(C)C(=O)N2CCCCC2)c(N)cc1F. The standard InChI is InChI=1S/C15H22FN3O2/c1-10(15(20)19-6-4-3-5-7-19)18-13-9-14(21-2)11(16)8-12(13)17/h8-10,18H,3-7,17H2,1-2H3. The number of methoxy groups -OCH3 is 1. The van der Waals surface area contributed by atoms with Gasteiger partial charge in [0.2, 0.25) is 5.91 Å². The molecule has 2 rings (SSSR count). The summed E-state index contributed by atoms with van der Waals surface area (Å²) >= 11 is 0. The van der Waals surface area contributed by atoms with E-state index in [2.05, 4.69) is 5.32 Å². The van der Waals surface area contributed by atoms with Gasteiger partial charge in [-0.15, -0.1) is 0 Å². The molecule has 0 aromatic heterocycles. The second kappa shape index (κ2) is 6.65. The molecule has 1 aliphatic rings. The van der Waals surface area contributed by atoms with Crippen molar-refractivity contribution in [3.63, 3.8) is 0 Å². The molecule has 5 nitrogen and oxygen atoms in total. The van der Waals surface area contributed by atoms with E-state index in [0.717, 1.165) is 25.9 Å². The first-order valence-corrected chi connectivity index (χ1v) is 7.21. The van der Waals surface area contributed by atoms with Crippen LogP contribution in [0.5, 0.6) is 5.75 Å². The molecule has 0 radical (unpaired) electrons. The predicted molar refractivity (Wildman–Crippen MR) is 80.9 cm³/mol. The Balaban J connectivity index is 2.08. The van der Waals surface area contributed by atoms with Crippen LogP contribution in [0.3, 0.4) is 0 Å². The molecule has 3 N–H and O–H groups in total. The normalized spacial score (nSPS) is 16.4. The van der Waals surface area contributed by atoms with Crippen molar-refractivity contribution in [1.29, 1.82) is 0 Å². The van der Waals surface area contributed by atoms with E-state index in [1.54, 1.807) is 6.92 Å². The summed E-state index contributed by atoms with van der Waals surface area (Å²) in [6, 6.07) is 2.25. The van der Waals surface area contributed by atoms with Gasteiger partial charge >= 0.3 is 0 Å². The number of nitrogen functional groups attached to an aromatic ring is 1. The Morgan fingerprint density at radius 3 is 2.67 bits per heavy atom. The van der Waals surface area contributed by atoms with Crippen LogP contribution >= 0.6 is 0 Å². The number of halogens is 1. The molecule has 1 aromatic rings. The Hall–Kier alpha value is -1.98. The molecular formula is C15H22FN3O2. The average molecular weight is 295 g/mol. The van der Waals surface area contributed by atoms with Gasteiger partial charge < -0.3 is 20.7 Å². The van der Waals surface area contributed by atoms with E-state index in [4.69, 9.17) is 10.5 Å². The van der Waals surface area contributed by atoms with Crippen LogP contribution in [0.15, 0.2) is 12.1 Å². The number of amides is 1. The van der Waals surface area contributed by atoms with E-state index in [9.17, 15) is 9.18 Å². The quantitative estimate of drug-likeness (QED) is 0.836. The zero-order chi connectivity index (χ0) is 15.4. The lowest BCUT2D eigenvalue weighted by atomic mass is 10.1. The van der Waals surface area contributed by atoms with Crippen LogP contribution in [0.4, 0.5) is 15.8 Å². The molecule has 1 fully saturated rings. The summed E-state index contributed by atoms with van der Waals surface area (Å²) in [6.07, 6.45) is 3.27. The third-order valence-electron chi connectivity index (χ3n) is 3.73. The van der Waals surface area contributed by atoms with Gasteiger partial charge in [0.15, 0.2) is 11.6 Å². The monoisotopic (exact) mass is 295 g/mol. The summed E-state index contributed by atoms with van der Waals surface area (Å²) < 4.78 is 18.4. The Morgan fingerprint density at radius 1 is 1.38 bits per heavy atom. The lowest BCUT2D eigenvalue weighted by Gasteiger charge is -2.30. The van der Waals surface area contributed by atoms with Crippen molar-refractivity contribution in [2.45, 2.75) is 32.2 Å². The van der Waals surface area contributed by atoms with Crippen molar-refractivity contribution in [1.82, 2.24) is 4.90 Å². The number of nitrogens with zero attached hydrogens (tertiary/aromatic N) is 1. The molecule has 1 amide bonds. The summed E-state index contributed by atoms with van der Waals surface area (Å²) in [7, 11) is 1.39. The number of nitrogens with two attached hydrogens (primary N) is 1. The molecule has 0 spiro atoms. The molecule has 0 aliphatic carbocycles. The summed E-state index contributed by atoms with van der Waals surface area (Å²) in [5.74, 6) is -0.378. The summed E-state index contributed by atoms with van der Waals surface area (Å²) in [4.78, 5) is 14.2. The lowest BCUT2D eigenvalue weighted by Crippen LogP contribution is -2.44. The Morgan fingerprint density at radius 2 is 2.05 bits per heavy atom. The topological polar surface area (TPSA) is 67.6 Å². The number of anilines is 2. The first-order valence-electron chi connectivity index (χ1n) is 7.21. The highest BCUT2D eigenvalue weighted by Gasteiger charge is 2.22. The van der Waals surface area contributed by atoms with Gasteiger partial charge in [0.1, 0.15) is 6.04 Å². The number of nitrogens with one attached hydrogen (secondary N) is 1. The maximum Gasteiger partial charge on any atom is 0.244 e. The van der Waals surface area contributed by atoms with Gasteiger partial charge in [-0.3, -0.25) is 4.79 Å². The number of rotatable bonds is 4. The van der Waals surface area contributed by atoms with Crippen LogP contribution in [0, 0.1) is 5.82 Å². The third kappa shape index (κ3) is 3.56. The minimum atomic E-state index is -0.518. The van der Waals surface area contributed by atoms with Crippen molar-refractivity contribution in [2.75, 3.05) is 31.2 Å². The summed E-state index contributed by atoms with van der Waals surface area (Å²) in [5.41, 5.74) is 6.55. The molecule has 21 heavy (non-hydrogen) atoms. The molecule has 0 saturated carbocycles. The first kappa shape index (κ1) is 15.4. The van der Waals surface area contributed by atoms with Crippen LogP contribution in [0.2, 0.25) is 0 Å². The Labute approximate surface area is 124 Å². The molecule has 1 aromatic carbocycles. The van der Waals surface area contributed by atoms with Gasteiger partial charge in [-0.1, -0.05) is 0 Å². The van der Waals surface area contributed by atoms with Crippen molar-refractivity contribution in [3.05, 3.63) is 17.9 Å². The summed E-state index contributed by atoms with van der Waals surface area (Å²) in [5, 5.41) is 3.05. The number of carbonyl (C=O) groups is 1. The van der Waals surface area contributed by atoms with E-state index in [1.165, 1.54) is 25.7 Å². The van der Waals surface area contributed by atoms with Crippen molar-refractivity contribution >= 4 is 17.3 Å². The second-order valence-corrected chi connectivity index (χ2v) is 5.33. The third-order valence-corrected chi connectivity index (χ3v) is 3.73. The number of benzene rings is 1. The maximum atomic E-state index is 13.5. The number of likely N-dealkylation sites (tertiary alicyclic amines) is 1. The number of carbonyl (C=O) groups excluding carboxylic acids is 1. The molecule has 1 saturated heterocycles. The van der Waals surface area contributed by atoms with E-state index in [0.29, 0.717) is 5.69 Å². The van der Waals surface area contributed by atoms with Crippen LogP contribution in [-0.2, 0) is 4.79 Å². The number of hydrogen-bond donors (Lipinski definition) is 2. The minimum Gasteiger partial charge on any atom is -0.494 e. The molecule has 6 heteroatoms. The van der Waals surface area contributed by atoms with Crippen molar-refractivity contribution in [3.8, 4) is 5.75 Å². The highest BCUT2D eigenvalue weighted by atomic mass is 19.1. The second-order valence-electron chi connectivity index (χ2n) is 5.33. The van der Waals surface area contributed by atoms with Gasteiger partial charge in [0.05, 0.1) is 18.5 Å². The van der Waals surface area contributed by atoms with E-state index < -0.39 is 11.9 Å². The highest BCUT2D eigenvalue weighted by Crippen LogP contribution is 2.28. The fourth-order valence-electron chi connectivity index (χ4n) is 2.53. The lowest BCUT2D eigenvalue weighted by molar-refractivity contribution is -0.132. The van der Waals surface area contributed by atoms with Gasteiger partial charge in [-0.2, -0.15) is 0 Å². The van der Waals surface area contributed by atoms with Gasteiger partial charge in [0, 0.05) is 25.2 Å². The first-order chi connectivity index (χ1) is 10.0. The van der Waals surface area contributed by atoms with E-state index in [-0.39, 0.29) is 17.3 Å². The van der Waals surface area contributed by atoms with Crippen molar-refractivity contribution in [2.24, 2.45) is 0 Å². The van der Waals surface area contributed by atoms with E-state index in [1.807, 2.05) is 4.90 Å². The zero-order valence-corrected chi connectivity index (χ0v) is 12.5. The number of ether oxygens (including phenoxy) is 1. The molecule has 1 atom stereocenters. The largest absolute Gasteiger partial charge is 0.494 e. The van der Waals surface area contributed by atoms with Crippen molar-refractivity contribution < 1.29 is 13.9 Å². The number of hydrogen-bond acceptors (Lipinski definition) is 4. The highest BCUT2D eigenvalue weighted by molar-refractivity contribution is 5.85. The van der Waals surface area contributed by atoms with Crippen LogP contribution in [-0.4, -0.2) is 37.0 Å². The van der Waals surface area contributed by atoms with E-state index >= 15 is 0 Å². The molecule has 1 unspecified atom stereocenters.